The second kappa shape index (κ2) is 10.5. The van der Waals surface area contributed by atoms with E-state index in [0.29, 0.717) is 29.4 Å². The second-order valence-electron chi connectivity index (χ2n) is 10.0. The highest BCUT2D eigenvalue weighted by Gasteiger charge is 2.30. The number of imidazole rings is 1. The summed E-state index contributed by atoms with van der Waals surface area (Å²) >= 11 is 6.22. The molecule has 3 aromatic rings. The van der Waals surface area contributed by atoms with E-state index < -0.39 is 6.09 Å². The third-order valence-corrected chi connectivity index (χ3v) is 7.48. The van der Waals surface area contributed by atoms with Crippen molar-refractivity contribution in [3.8, 4) is 0 Å². The maximum Gasteiger partial charge on any atom is 0.404 e. The van der Waals surface area contributed by atoms with E-state index in [2.05, 4.69) is 32.4 Å². The molecule has 3 heterocycles. The molecule has 0 spiro atoms. The number of nitrogens with one attached hydrogen (secondary N) is 3. The number of aromatic nitrogens is 4. The minimum atomic E-state index is -0.972. The molecular weight excluding hydrogens is 482 g/mol. The fraction of sp³-hybridized carbons (Fsp3) is 0.520. The Labute approximate surface area is 214 Å². The first kappa shape index (κ1) is 24.6. The molecular formula is C25H32ClN7O3. The molecule has 11 heteroatoms. The van der Waals surface area contributed by atoms with Crippen molar-refractivity contribution < 1.29 is 14.6 Å². The number of benzene rings is 1. The molecule has 1 aliphatic heterocycles. The number of nitrogens with zero attached hydrogens (tertiary/aromatic N) is 4. The van der Waals surface area contributed by atoms with Crippen LogP contribution in [0.15, 0.2) is 30.5 Å². The molecule has 10 nitrogen and oxygen atoms in total. The van der Waals surface area contributed by atoms with Gasteiger partial charge in [0, 0.05) is 42.0 Å². The number of hydrogen-bond acceptors (Lipinski definition) is 7. The van der Waals surface area contributed by atoms with Crippen molar-refractivity contribution in [3.05, 3.63) is 35.5 Å². The van der Waals surface area contributed by atoms with E-state index >= 15 is 0 Å². The fourth-order valence-corrected chi connectivity index (χ4v) is 5.33. The van der Waals surface area contributed by atoms with Crippen molar-refractivity contribution in [2.45, 2.75) is 57.0 Å². The summed E-state index contributed by atoms with van der Waals surface area (Å²) in [5.41, 5.74) is 2.23. The van der Waals surface area contributed by atoms with Crippen molar-refractivity contribution in [3.63, 3.8) is 0 Å². The van der Waals surface area contributed by atoms with E-state index in [1.54, 1.807) is 6.20 Å². The van der Waals surface area contributed by atoms with Crippen molar-refractivity contribution in [2.75, 3.05) is 30.4 Å². The molecule has 192 valence electrons. The highest BCUT2D eigenvalue weighted by atomic mass is 35.5. The summed E-state index contributed by atoms with van der Waals surface area (Å²) in [6.07, 6.45) is 6.25. The minimum absolute atomic E-state index is 0.117. The lowest BCUT2D eigenvalue weighted by atomic mass is 9.86. The van der Waals surface area contributed by atoms with Crippen LogP contribution in [0.25, 0.3) is 11.2 Å². The predicted octanol–water partition coefficient (Wildman–Crippen LogP) is 5.20. The molecule has 4 N–H and O–H groups in total. The normalized spacial score (nSPS) is 21.7. The maximum atomic E-state index is 10.9. The third-order valence-electron chi connectivity index (χ3n) is 7.25. The predicted molar refractivity (Wildman–Crippen MR) is 139 cm³/mol. The van der Waals surface area contributed by atoms with Crippen LogP contribution in [-0.2, 0) is 4.74 Å². The Morgan fingerprint density at radius 2 is 2.00 bits per heavy atom. The summed E-state index contributed by atoms with van der Waals surface area (Å²) in [5.74, 6) is 1.61. The van der Waals surface area contributed by atoms with Gasteiger partial charge in [-0.1, -0.05) is 17.7 Å². The van der Waals surface area contributed by atoms with Gasteiger partial charge in [-0.2, -0.15) is 4.98 Å². The Hall–Kier alpha value is -3.11. The van der Waals surface area contributed by atoms with E-state index in [9.17, 15) is 4.79 Å². The van der Waals surface area contributed by atoms with Crippen molar-refractivity contribution in [1.82, 2.24) is 24.8 Å². The topological polar surface area (TPSA) is 126 Å². The molecule has 2 fully saturated rings. The monoisotopic (exact) mass is 513 g/mol. The molecule has 1 saturated heterocycles. The van der Waals surface area contributed by atoms with Crippen molar-refractivity contribution >= 4 is 46.4 Å². The number of hydrogen-bond donors (Lipinski definition) is 4. The van der Waals surface area contributed by atoms with Gasteiger partial charge in [0.2, 0.25) is 11.9 Å². The Balaban J connectivity index is 1.45. The molecule has 2 aromatic heterocycles. The Morgan fingerprint density at radius 3 is 2.72 bits per heavy atom. The summed E-state index contributed by atoms with van der Waals surface area (Å²) < 4.78 is 7.71. The number of amides is 1. The van der Waals surface area contributed by atoms with Gasteiger partial charge in [0.1, 0.15) is 5.52 Å². The molecule has 1 amide bonds. The maximum absolute atomic E-state index is 10.9. The smallest absolute Gasteiger partial charge is 0.404 e. The van der Waals surface area contributed by atoms with Crippen LogP contribution in [0.2, 0.25) is 5.02 Å². The Kier molecular flexibility index (Phi) is 7.15. The second-order valence-corrected chi connectivity index (χ2v) is 10.4. The van der Waals surface area contributed by atoms with Crippen LogP contribution in [0, 0.1) is 5.92 Å². The van der Waals surface area contributed by atoms with E-state index in [-0.39, 0.29) is 11.6 Å². The zero-order valence-electron chi connectivity index (χ0n) is 20.3. The summed E-state index contributed by atoms with van der Waals surface area (Å²) in [5, 5.41) is 19.1. The van der Waals surface area contributed by atoms with Gasteiger partial charge in [0.25, 0.3) is 0 Å². The van der Waals surface area contributed by atoms with E-state index in [0.717, 1.165) is 68.6 Å². The van der Waals surface area contributed by atoms with Crippen LogP contribution in [0.5, 0.6) is 0 Å². The number of carboxylic acid groups (broad SMARTS) is 1. The van der Waals surface area contributed by atoms with Gasteiger partial charge in [-0.15, -0.1) is 0 Å². The lowest BCUT2D eigenvalue weighted by molar-refractivity contribution is 0.0656. The number of halogens is 1. The van der Waals surface area contributed by atoms with E-state index in [1.165, 1.54) is 0 Å². The molecule has 1 aromatic carbocycles. The fourth-order valence-electron chi connectivity index (χ4n) is 5.14. The molecule has 5 rings (SSSR count). The van der Waals surface area contributed by atoms with E-state index in [1.807, 2.05) is 24.3 Å². The van der Waals surface area contributed by atoms with Gasteiger partial charge >= 0.3 is 6.09 Å². The number of carbonyl (C=O) groups is 1. The number of ether oxygens (including phenoxy) is 1. The molecule has 0 atom stereocenters. The molecule has 1 saturated carbocycles. The number of rotatable bonds is 7. The summed E-state index contributed by atoms with van der Waals surface area (Å²) in [7, 11) is 0. The molecule has 0 radical (unpaired) electrons. The lowest BCUT2D eigenvalue weighted by Gasteiger charge is -2.34. The van der Waals surface area contributed by atoms with E-state index in [4.69, 9.17) is 31.4 Å². The first-order valence-corrected chi connectivity index (χ1v) is 12.9. The van der Waals surface area contributed by atoms with Gasteiger partial charge in [-0.25, -0.2) is 14.8 Å². The van der Waals surface area contributed by atoms with Gasteiger partial charge in [-0.3, -0.25) is 4.57 Å². The highest BCUT2D eigenvalue weighted by molar-refractivity contribution is 6.30. The SMILES string of the molecule is CC1(Nc2ncc3nc(Nc4cccc(Cl)c4)n(C4CCC(CNC(=O)O)CC4)c3n2)CCOCC1. The summed E-state index contributed by atoms with van der Waals surface area (Å²) in [6.45, 7) is 4.10. The van der Waals surface area contributed by atoms with Gasteiger partial charge in [0.15, 0.2) is 5.65 Å². The number of fused-ring (bicyclic) bond motifs is 1. The van der Waals surface area contributed by atoms with Crippen LogP contribution >= 0.6 is 11.6 Å². The average Bonchev–Trinajstić information content (AvgIpc) is 3.20. The largest absolute Gasteiger partial charge is 0.465 e. The molecule has 0 unspecified atom stereocenters. The van der Waals surface area contributed by atoms with Crippen LogP contribution < -0.4 is 16.0 Å². The van der Waals surface area contributed by atoms with Crippen LogP contribution in [0.3, 0.4) is 0 Å². The third kappa shape index (κ3) is 5.65. The lowest BCUT2D eigenvalue weighted by Crippen LogP contribution is -2.41. The molecule has 2 aliphatic rings. The van der Waals surface area contributed by atoms with Crippen LogP contribution in [0.4, 0.5) is 22.4 Å². The average molecular weight is 514 g/mol. The summed E-state index contributed by atoms with van der Waals surface area (Å²) in [4.78, 5) is 25.3. The van der Waals surface area contributed by atoms with Gasteiger partial charge in [0.05, 0.1) is 6.20 Å². The Morgan fingerprint density at radius 1 is 1.22 bits per heavy atom. The molecule has 1 aliphatic carbocycles. The standard InChI is InChI=1S/C25H32ClN7O3/c1-25(9-11-36-12-10-25)32-22-27-15-20-21(31-22)33(19-7-5-16(6-8-19)14-28-24(34)35)23(30-20)29-18-4-2-3-17(26)13-18/h2-4,13,15-16,19,28H,5-12,14H2,1H3,(H,29,30)(H,34,35)(H,27,31,32). The minimum Gasteiger partial charge on any atom is -0.465 e. The first-order valence-electron chi connectivity index (χ1n) is 12.5. The van der Waals surface area contributed by atoms with Gasteiger partial charge < -0.3 is 25.8 Å². The van der Waals surface area contributed by atoms with Gasteiger partial charge in [-0.05, 0) is 69.6 Å². The van der Waals surface area contributed by atoms with Crippen LogP contribution in [0.1, 0.15) is 51.5 Å². The summed E-state index contributed by atoms with van der Waals surface area (Å²) in [6, 6.07) is 7.73. The first-order chi connectivity index (χ1) is 17.4. The van der Waals surface area contributed by atoms with Crippen LogP contribution in [-0.4, -0.2) is 56.0 Å². The molecule has 0 bridgehead atoms. The Bertz CT molecular complexity index is 1220. The zero-order valence-corrected chi connectivity index (χ0v) is 21.1. The van der Waals surface area contributed by atoms with Crippen molar-refractivity contribution in [2.24, 2.45) is 5.92 Å². The van der Waals surface area contributed by atoms with Crippen molar-refractivity contribution in [1.29, 1.82) is 0 Å². The zero-order chi connectivity index (χ0) is 25.1. The quantitative estimate of drug-likeness (QED) is 0.339. The number of anilines is 3. The highest BCUT2D eigenvalue weighted by Crippen LogP contribution is 2.37. The molecule has 36 heavy (non-hydrogen) atoms.